The van der Waals surface area contributed by atoms with E-state index in [0.29, 0.717) is 5.92 Å². The average molecular weight is 181 g/mol. The molecule has 2 N–H and O–H groups in total. The van der Waals surface area contributed by atoms with E-state index in [9.17, 15) is 4.79 Å². The second-order valence-electron chi connectivity index (χ2n) is 3.97. The van der Waals surface area contributed by atoms with E-state index < -0.39 is 0 Å². The Morgan fingerprint density at radius 1 is 1.23 bits per heavy atom. The molecule has 1 saturated carbocycles. The maximum atomic E-state index is 10.8. The summed E-state index contributed by atoms with van der Waals surface area (Å²) in [6.07, 6.45) is 9.81. The maximum Gasteiger partial charge on any atom is 0.244 e. The van der Waals surface area contributed by atoms with Crippen LogP contribution in [0.4, 0.5) is 0 Å². The Hall–Kier alpha value is -0.790. The molecule has 0 radical (unpaired) electrons. The molecule has 2 heteroatoms. The Balaban J connectivity index is 2.50. The molecule has 13 heavy (non-hydrogen) atoms. The predicted octanol–water partition coefficient (Wildman–Crippen LogP) is 2.39. The van der Waals surface area contributed by atoms with E-state index in [0.717, 1.165) is 5.57 Å². The van der Waals surface area contributed by atoms with E-state index >= 15 is 0 Å². The molecule has 0 aromatic heterocycles. The van der Waals surface area contributed by atoms with Crippen molar-refractivity contribution in [3.63, 3.8) is 0 Å². The first-order valence-corrected chi connectivity index (χ1v) is 5.18. The molecule has 0 atom stereocenters. The lowest BCUT2D eigenvalue weighted by atomic mass is 9.97. The number of hydrogen-bond acceptors (Lipinski definition) is 1. The van der Waals surface area contributed by atoms with Gasteiger partial charge < -0.3 is 5.73 Å². The summed E-state index contributed by atoms with van der Waals surface area (Å²) in [5, 5.41) is 0. The molecular formula is C11H19NO. The van der Waals surface area contributed by atoms with Crippen LogP contribution in [0, 0.1) is 5.92 Å². The van der Waals surface area contributed by atoms with Gasteiger partial charge in [-0.25, -0.2) is 0 Å². The number of primary amides is 1. The molecule has 0 aromatic carbocycles. The lowest BCUT2D eigenvalue weighted by Gasteiger charge is -2.08. The molecule has 0 aromatic rings. The van der Waals surface area contributed by atoms with Gasteiger partial charge in [0.25, 0.3) is 0 Å². The summed E-state index contributed by atoms with van der Waals surface area (Å²) in [5.74, 6) is 0.319. The van der Waals surface area contributed by atoms with Crippen LogP contribution in [0.2, 0.25) is 0 Å². The van der Waals surface area contributed by atoms with Crippen molar-refractivity contribution in [3.8, 4) is 0 Å². The molecule has 74 valence electrons. The lowest BCUT2D eigenvalue weighted by molar-refractivity contribution is -0.114. The Kier molecular flexibility index (Phi) is 4.00. The van der Waals surface area contributed by atoms with Crippen molar-refractivity contribution in [3.05, 3.63) is 11.6 Å². The third-order valence-electron chi connectivity index (χ3n) is 2.77. The smallest absolute Gasteiger partial charge is 0.244 e. The number of nitrogens with two attached hydrogens (primary N) is 1. The highest BCUT2D eigenvalue weighted by Gasteiger charge is 2.10. The molecule has 0 heterocycles. The number of allylic oxidation sites excluding steroid dienone is 1. The van der Waals surface area contributed by atoms with Crippen molar-refractivity contribution < 1.29 is 4.79 Å². The van der Waals surface area contributed by atoms with Gasteiger partial charge >= 0.3 is 0 Å². The van der Waals surface area contributed by atoms with E-state index in [-0.39, 0.29) is 5.91 Å². The highest BCUT2D eigenvalue weighted by molar-refractivity contribution is 5.91. The summed E-state index contributed by atoms with van der Waals surface area (Å²) in [6.45, 7) is 1.81. The zero-order valence-corrected chi connectivity index (χ0v) is 8.38. The molecule has 0 spiro atoms. The van der Waals surface area contributed by atoms with Crippen LogP contribution in [0.3, 0.4) is 0 Å². The Morgan fingerprint density at radius 3 is 2.23 bits per heavy atom. The molecule has 1 fully saturated rings. The predicted molar refractivity (Wildman–Crippen MR) is 54.1 cm³/mol. The topological polar surface area (TPSA) is 43.1 Å². The fourth-order valence-electron chi connectivity index (χ4n) is 1.91. The van der Waals surface area contributed by atoms with Crippen LogP contribution >= 0.6 is 0 Å². The molecule has 0 saturated heterocycles. The van der Waals surface area contributed by atoms with Crippen molar-refractivity contribution in [1.82, 2.24) is 0 Å². The van der Waals surface area contributed by atoms with Crippen molar-refractivity contribution >= 4 is 5.91 Å². The third kappa shape index (κ3) is 3.62. The fraction of sp³-hybridized carbons (Fsp3) is 0.727. The third-order valence-corrected chi connectivity index (χ3v) is 2.77. The normalized spacial score (nSPS) is 21.2. The van der Waals surface area contributed by atoms with Gasteiger partial charge in [-0.2, -0.15) is 0 Å². The van der Waals surface area contributed by atoms with E-state index in [1.54, 1.807) is 0 Å². The van der Waals surface area contributed by atoms with E-state index in [2.05, 4.69) is 6.08 Å². The van der Waals surface area contributed by atoms with Crippen LogP contribution in [0.25, 0.3) is 0 Å². The van der Waals surface area contributed by atoms with Crippen molar-refractivity contribution in [2.45, 2.75) is 45.4 Å². The van der Waals surface area contributed by atoms with Crippen molar-refractivity contribution in [1.29, 1.82) is 0 Å². The summed E-state index contributed by atoms with van der Waals surface area (Å²) in [6, 6.07) is 0. The minimum Gasteiger partial charge on any atom is -0.366 e. The van der Waals surface area contributed by atoms with Gasteiger partial charge in [0.15, 0.2) is 0 Å². The fourth-order valence-corrected chi connectivity index (χ4v) is 1.91. The van der Waals surface area contributed by atoms with Crippen molar-refractivity contribution in [2.24, 2.45) is 11.7 Å². The zero-order valence-electron chi connectivity index (χ0n) is 8.38. The standard InChI is InChI=1S/C11H19NO/c1-9(11(12)13)8-10-6-4-2-3-5-7-10/h8,10H,2-7H2,1H3,(H2,12,13). The largest absolute Gasteiger partial charge is 0.366 e. The monoisotopic (exact) mass is 181 g/mol. The SMILES string of the molecule is CC(=CC1CCCCCC1)C(N)=O. The van der Waals surface area contributed by atoms with Gasteiger partial charge in [-0.05, 0) is 25.7 Å². The first kappa shape index (κ1) is 10.3. The molecule has 1 aliphatic rings. The lowest BCUT2D eigenvalue weighted by Crippen LogP contribution is -2.13. The Labute approximate surface area is 80.2 Å². The van der Waals surface area contributed by atoms with Gasteiger partial charge in [0.2, 0.25) is 5.91 Å². The van der Waals surface area contributed by atoms with Crippen LogP contribution < -0.4 is 5.73 Å². The molecule has 1 aliphatic carbocycles. The van der Waals surface area contributed by atoms with Crippen molar-refractivity contribution in [2.75, 3.05) is 0 Å². The molecule has 0 bridgehead atoms. The van der Waals surface area contributed by atoms with Gasteiger partial charge in [0.05, 0.1) is 0 Å². The van der Waals surface area contributed by atoms with E-state index in [1.165, 1.54) is 38.5 Å². The van der Waals surface area contributed by atoms with Gasteiger partial charge in [0, 0.05) is 5.57 Å². The van der Waals surface area contributed by atoms with E-state index in [4.69, 9.17) is 5.73 Å². The molecule has 1 amide bonds. The van der Waals surface area contributed by atoms with Crippen LogP contribution in [-0.2, 0) is 4.79 Å². The Morgan fingerprint density at radius 2 is 1.77 bits per heavy atom. The quantitative estimate of drug-likeness (QED) is 0.516. The summed E-state index contributed by atoms with van der Waals surface area (Å²) in [4.78, 5) is 10.8. The average Bonchev–Trinajstić information content (AvgIpc) is 2.32. The van der Waals surface area contributed by atoms with Crippen LogP contribution in [-0.4, -0.2) is 5.91 Å². The van der Waals surface area contributed by atoms with Gasteiger partial charge in [-0.1, -0.05) is 31.8 Å². The number of amides is 1. The first-order valence-electron chi connectivity index (χ1n) is 5.18. The van der Waals surface area contributed by atoms with Gasteiger partial charge in [-0.15, -0.1) is 0 Å². The molecule has 2 nitrogen and oxygen atoms in total. The maximum absolute atomic E-state index is 10.8. The van der Waals surface area contributed by atoms with Gasteiger partial charge in [-0.3, -0.25) is 4.79 Å². The second kappa shape index (κ2) is 5.05. The summed E-state index contributed by atoms with van der Waals surface area (Å²) >= 11 is 0. The summed E-state index contributed by atoms with van der Waals surface area (Å²) in [5.41, 5.74) is 5.91. The minimum absolute atomic E-state index is 0.274. The molecule has 0 aliphatic heterocycles. The highest BCUT2D eigenvalue weighted by atomic mass is 16.1. The highest BCUT2D eigenvalue weighted by Crippen LogP contribution is 2.24. The number of rotatable bonds is 2. The molecule has 1 rings (SSSR count). The van der Waals surface area contributed by atoms with Crippen LogP contribution in [0.1, 0.15) is 45.4 Å². The van der Waals surface area contributed by atoms with Crippen LogP contribution in [0.5, 0.6) is 0 Å². The number of carbonyl (C=O) groups excluding carboxylic acids is 1. The molecular weight excluding hydrogens is 162 g/mol. The van der Waals surface area contributed by atoms with E-state index in [1.807, 2.05) is 6.92 Å². The summed E-state index contributed by atoms with van der Waals surface area (Å²) in [7, 11) is 0. The minimum atomic E-state index is -0.274. The van der Waals surface area contributed by atoms with Crippen LogP contribution in [0.15, 0.2) is 11.6 Å². The summed E-state index contributed by atoms with van der Waals surface area (Å²) < 4.78 is 0. The molecule has 0 unspecified atom stereocenters. The number of carbonyl (C=O) groups is 1. The first-order chi connectivity index (χ1) is 6.20. The van der Waals surface area contributed by atoms with Gasteiger partial charge in [0.1, 0.15) is 0 Å². The number of hydrogen-bond donors (Lipinski definition) is 1. The zero-order chi connectivity index (χ0) is 9.68. The Bertz CT molecular complexity index is 200. The second-order valence-corrected chi connectivity index (χ2v) is 3.97.